The van der Waals surface area contributed by atoms with Crippen LogP contribution >= 0.6 is 0 Å². The number of nitriles is 1. The van der Waals surface area contributed by atoms with Crippen molar-refractivity contribution < 1.29 is 4.74 Å². The Hall–Kier alpha value is -0.590. The van der Waals surface area contributed by atoms with Crippen LogP contribution in [0.25, 0.3) is 0 Å². The molecule has 0 bridgehead atoms. The number of nitrogens with one attached hydrogen (secondary N) is 1. The number of hydrogen-bond donors (Lipinski definition) is 1. The van der Waals surface area contributed by atoms with Crippen molar-refractivity contribution in [2.45, 2.75) is 84.4 Å². The zero-order chi connectivity index (χ0) is 15.7. The Bertz CT molecular complexity index is 395. The van der Waals surface area contributed by atoms with Crippen molar-refractivity contribution in [3.63, 3.8) is 0 Å². The van der Waals surface area contributed by atoms with E-state index in [1.807, 2.05) is 0 Å². The second kappa shape index (κ2) is 6.26. The fourth-order valence-corrected chi connectivity index (χ4v) is 4.16. The van der Waals surface area contributed by atoms with E-state index < -0.39 is 5.54 Å². The van der Waals surface area contributed by atoms with E-state index in [4.69, 9.17) is 4.74 Å². The number of rotatable bonds is 6. The fourth-order valence-electron chi connectivity index (χ4n) is 4.16. The van der Waals surface area contributed by atoms with Crippen LogP contribution in [-0.2, 0) is 4.74 Å². The summed E-state index contributed by atoms with van der Waals surface area (Å²) >= 11 is 0. The summed E-state index contributed by atoms with van der Waals surface area (Å²) in [4.78, 5) is 0. The molecule has 2 aliphatic rings. The first-order valence-electron chi connectivity index (χ1n) is 8.57. The molecule has 0 radical (unpaired) electrons. The van der Waals surface area contributed by atoms with Crippen LogP contribution in [-0.4, -0.2) is 24.3 Å². The maximum atomic E-state index is 9.73. The van der Waals surface area contributed by atoms with Gasteiger partial charge in [-0.2, -0.15) is 5.26 Å². The van der Waals surface area contributed by atoms with E-state index in [2.05, 4.69) is 46.0 Å². The monoisotopic (exact) mass is 292 g/mol. The van der Waals surface area contributed by atoms with Crippen LogP contribution in [0.5, 0.6) is 0 Å². The SMILES string of the molecule is CC1CC(OCC(C#N)(NC(C)C)C2CC2)CC(C)(C)C1. The highest BCUT2D eigenvalue weighted by atomic mass is 16.5. The Morgan fingerprint density at radius 2 is 2.00 bits per heavy atom. The van der Waals surface area contributed by atoms with Crippen molar-refractivity contribution in [1.29, 1.82) is 5.26 Å². The summed E-state index contributed by atoms with van der Waals surface area (Å²) < 4.78 is 6.26. The number of nitrogens with zero attached hydrogens (tertiary/aromatic N) is 1. The van der Waals surface area contributed by atoms with Crippen LogP contribution in [0.15, 0.2) is 0 Å². The summed E-state index contributed by atoms with van der Waals surface area (Å²) in [7, 11) is 0. The van der Waals surface area contributed by atoms with Crippen LogP contribution in [0.4, 0.5) is 0 Å². The molecule has 2 aliphatic carbocycles. The molecule has 3 atom stereocenters. The fraction of sp³-hybridized carbons (Fsp3) is 0.944. The average molecular weight is 292 g/mol. The Morgan fingerprint density at radius 1 is 1.33 bits per heavy atom. The number of ether oxygens (including phenoxy) is 1. The van der Waals surface area contributed by atoms with Gasteiger partial charge in [-0.15, -0.1) is 0 Å². The van der Waals surface area contributed by atoms with Crippen LogP contribution in [0.2, 0.25) is 0 Å². The van der Waals surface area contributed by atoms with E-state index in [1.54, 1.807) is 0 Å². The van der Waals surface area contributed by atoms with Gasteiger partial charge in [-0.25, -0.2) is 0 Å². The van der Waals surface area contributed by atoms with Gasteiger partial charge in [0.1, 0.15) is 5.54 Å². The van der Waals surface area contributed by atoms with E-state index in [0.717, 1.165) is 25.7 Å². The lowest BCUT2D eigenvalue weighted by molar-refractivity contribution is -0.0430. The third-order valence-corrected chi connectivity index (χ3v) is 4.91. The minimum absolute atomic E-state index is 0.309. The quantitative estimate of drug-likeness (QED) is 0.808. The van der Waals surface area contributed by atoms with Crippen LogP contribution < -0.4 is 5.32 Å². The maximum absolute atomic E-state index is 9.73. The van der Waals surface area contributed by atoms with Crippen molar-refractivity contribution in [3.8, 4) is 6.07 Å². The third-order valence-electron chi connectivity index (χ3n) is 4.91. The van der Waals surface area contributed by atoms with E-state index >= 15 is 0 Å². The van der Waals surface area contributed by atoms with Crippen molar-refractivity contribution >= 4 is 0 Å². The van der Waals surface area contributed by atoms with E-state index in [0.29, 0.717) is 36.0 Å². The van der Waals surface area contributed by atoms with Crippen LogP contribution in [0.3, 0.4) is 0 Å². The molecule has 0 heterocycles. The molecule has 0 aromatic carbocycles. The normalized spacial score (nSPS) is 31.7. The molecule has 0 aromatic heterocycles. The molecule has 120 valence electrons. The van der Waals surface area contributed by atoms with Gasteiger partial charge < -0.3 is 4.74 Å². The first-order chi connectivity index (χ1) is 9.76. The molecule has 2 saturated carbocycles. The molecule has 3 nitrogen and oxygen atoms in total. The zero-order valence-electron chi connectivity index (χ0n) is 14.4. The molecule has 0 amide bonds. The highest BCUT2D eigenvalue weighted by Crippen LogP contribution is 2.42. The Balaban J connectivity index is 1.97. The minimum atomic E-state index is -0.473. The highest BCUT2D eigenvalue weighted by Gasteiger charge is 2.47. The maximum Gasteiger partial charge on any atom is 0.133 e. The molecule has 0 aromatic rings. The smallest absolute Gasteiger partial charge is 0.133 e. The lowest BCUT2D eigenvalue weighted by Crippen LogP contribution is -2.53. The van der Waals surface area contributed by atoms with Crippen molar-refractivity contribution in [1.82, 2.24) is 5.32 Å². The van der Waals surface area contributed by atoms with Crippen LogP contribution in [0.1, 0.15) is 66.7 Å². The summed E-state index contributed by atoms with van der Waals surface area (Å²) in [5.41, 5.74) is -0.109. The van der Waals surface area contributed by atoms with Gasteiger partial charge in [0.15, 0.2) is 0 Å². The number of hydrogen-bond acceptors (Lipinski definition) is 3. The second-order valence-electron chi connectivity index (χ2n) is 8.50. The largest absolute Gasteiger partial charge is 0.375 e. The van der Waals surface area contributed by atoms with Gasteiger partial charge in [0.25, 0.3) is 0 Å². The molecule has 21 heavy (non-hydrogen) atoms. The molecule has 0 saturated heterocycles. The molecule has 0 spiro atoms. The van der Waals surface area contributed by atoms with Crippen molar-refractivity contribution in [3.05, 3.63) is 0 Å². The lowest BCUT2D eigenvalue weighted by atomic mass is 9.71. The molecular formula is C18H32N2O. The summed E-state index contributed by atoms with van der Waals surface area (Å²) in [5, 5.41) is 13.2. The first kappa shape index (κ1) is 16.8. The minimum Gasteiger partial charge on any atom is -0.375 e. The Kier molecular flexibility index (Phi) is 5.00. The molecular weight excluding hydrogens is 260 g/mol. The van der Waals surface area contributed by atoms with Gasteiger partial charge in [0.2, 0.25) is 0 Å². The topological polar surface area (TPSA) is 45.0 Å². The van der Waals surface area contributed by atoms with Gasteiger partial charge in [-0.05, 0) is 63.2 Å². The molecule has 3 unspecified atom stereocenters. The third kappa shape index (κ3) is 4.44. The zero-order valence-corrected chi connectivity index (χ0v) is 14.4. The van der Waals surface area contributed by atoms with Gasteiger partial charge in [0, 0.05) is 6.04 Å². The standard InChI is InChI=1S/C18H32N2O/c1-13(2)20-18(11-19,15-6-7-15)12-21-16-8-14(3)9-17(4,5)10-16/h13-16,20H,6-10,12H2,1-5H3. The van der Waals surface area contributed by atoms with Gasteiger partial charge in [-0.1, -0.05) is 20.8 Å². The van der Waals surface area contributed by atoms with Gasteiger partial charge >= 0.3 is 0 Å². The van der Waals surface area contributed by atoms with E-state index in [1.165, 1.54) is 6.42 Å². The molecule has 2 fully saturated rings. The van der Waals surface area contributed by atoms with E-state index in [9.17, 15) is 5.26 Å². The molecule has 3 heteroatoms. The second-order valence-corrected chi connectivity index (χ2v) is 8.50. The van der Waals surface area contributed by atoms with E-state index in [-0.39, 0.29) is 0 Å². The molecule has 1 N–H and O–H groups in total. The first-order valence-corrected chi connectivity index (χ1v) is 8.57. The van der Waals surface area contributed by atoms with Crippen LogP contribution in [0, 0.1) is 28.6 Å². The predicted octanol–water partition coefficient (Wildman–Crippen LogP) is 3.89. The Morgan fingerprint density at radius 3 is 2.48 bits per heavy atom. The highest BCUT2D eigenvalue weighted by molar-refractivity contribution is 5.16. The molecule has 2 rings (SSSR count). The summed E-state index contributed by atoms with van der Waals surface area (Å²) in [6.45, 7) is 11.8. The van der Waals surface area contributed by atoms with Gasteiger partial charge in [0.05, 0.1) is 18.8 Å². The average Bonchev–Trinajstić information content (AvgIpc) is 3.16. The molecule has 0 aliphatic heterocycles. The lowest BCUT2D eigenvalue weighted by Gasteiger charge is -2.40. The predicted molar refractivity (Wildman–Crippen MR) is 85.9 cm³/mol. The van der Waals surface area contributed by atoms with Gasteiger partial charge in [-0.3, -0.25) is 5.32 Å². The summed E-state index contributed by atoms with van der Waals surface area (Å²) in [6, 6.07) is 2.86. The summed E-state index contributed by atoms with van der Waals surface area (Å²) in [5.74, 6) is 1.19. The summed E-state index contributed by atoms with van der Waals surface area (Å²) in [6.07, 6.45) is 6.15. The van der Waals surface area contributed by atoms with Crippen molar-refractivity contribution in [2.75, 3.05) is 6.61 Å². The Labute approximate surface area is 130 Å². The van der Waals surface area contributed by atoms with Crippen molar-refractivity contribution in [2.24, 2.45) is 17.3 Å².